The number of hydrogen-bond acceptors (Lipinski definition) is 17. The molecule has 9 N–H and O–H groups in total. The first-order chi connectivity index (χ1) is 35.0. The number of carbonyl (C=O) groups excluding carboxylic acids is 3. The number of fused-ring (bicyclic) bond motifs is 2. The molecule has 0 aliphatic carbocycles. The monoisotopic (exact) mass is 1180 g/mol. The van der Waals surface area contributed by atoms with Crippen molar-refractivity contribution in [2.75, 3.05) is 26.7 Å². The number of aliphatic hydroxyl groups is 3. The van der Waals surface area contributed by atoms with Gasteiger partial charge in [0, 0.05) is 59.7 Å². The lowest BCUT2D eigenvalue weighted by molar-refractivity contribution is -0.140. The second kappa shape index (κ2) is 30.1. The van der Waals surface area contributed by atoms with Gasteiger partial charge >= 0.3 is 5.97 Å². The Bertz CT molecular complexity index is 2730. The summed E-state index contributed by atoms with van der Waals surface area (Å²) in [6.45, 7) is 4.14. The van der Waals surface area contributed by atoms with E-state index in [4.69, 9.17) is 28.6 Å². The SMILES string of the molecule is CC(=O)N/N=C(/CC1NCCC[C@H]1O)Cn1cnc2cc(Br)c(Cl)cc2c1=O.COC(=O)CCCCC(=O)N/N=C(/CC1NCCC[C@H]1O)Cn1cnc2cc(Br)c(Cl)cc2c1=O.N=CCC1NCCC[C@H]1O. The molecule has 3 fully saturated rings. The van der Waals surface area contributed by atoms with Crippen LogP contribution in [0.2, 0.25) is 10.0 Å². The van der Waals surface area contributed by atoms with Crippen molar-refractivity contribution in [3.63, 3.8) is 0 Å². The van der Waals surface area contributed by atoms with Crippen LogP contribution in [0.4, 0.5) is 0 Å². The summed E-state index contributed by atoms with van der Waals surface area (Å²) in [5.74, 6) is -0.923. The summed E-state index contributed by atoms with van der Waals surface area (Å²) in [7, 11) is 1.33. The van der Waals surface area contributed by atoms with Crippen molar-refractivity contribution in [2.24, 2.45) is 10.2 Å². The molecule has 2 aromatic heterocycles. The quantitative estimate of drug-likeness (QED) is 0.0305. The largest absolute Gasteiger partial charge is 0.469 e. The smallest absolute Gasteiger partial charge is 0.305 e. The molecule has 0 spiro atoms. The van der Waals surface area contributed by atoms with Gasteiger partial charge in [0.2, 0.25) is 11.8 Å². The maximum atomic E-state index is 13.1. The number of piperidine rings is 3. The predicted octanol–water partition coefficient (Wildman–Crippen LogP) is 4.47. The topological polar surface area (TPSA) is 300 Å². The number of methoxy groups -OCH3 is 1. The number of rotatable bonds is 17. The van der Waals surface area contributed by atoms with Gasteiger partial charge in [-0.25, -0.2) is 20.8 Å². The molecule has 3 unspecified atom stereocenters. The summed E-state index contributed by atoms with van der Waals surface area (Å²) in [6, 6.07) is 6.21. The Kier molecular flexibility index (Phi) is 24.5. The van der Waals surface area contributed by atoms with Crippen molar-refractivity contribution in [1.29, 1.82) is 5.41 Å². The number of nitrogens with zero attached hydrogens (tertiary/aromatic N) is 6. The van der Waals surface area contributed by atoms with E-state index >= 15 is 0 Å². The molecule has 6 atom stereocenters. The third-order valence-electron chi connectivity index (χ3n) is 12.3. The van der Waals surface area contributed by atoms with E-state index < -0.39 is 12.2 Å². The molecule has 398 valence electrons. The molecule has 2 aromatic carbocycles. The highest BCUT2D eigenvalue weighted by atomic mass is 79.9. The highest BCUT2D eigenvalue weighted by Crippen LogP contribution is 2.27. The number of aromatic nitrogens is 4. The van der Waals surface area contributed by atoms with Crippen LogP contribution in [0.3, 0.4) is 0 Å². The maximum absolute atomic E-state index is 13.1. The Labute approximate surface area is 449 Å². The van der Waals surface area contributed by atoms with E-state index in [2.05, 4.69) is 83.6 Å². The van der Waals surface area contributed by atoms with Crippen LogP contribution >= 0.6 is 55.1 Å². The van der Waals surface area contributed by atoms with Gasteiger partial charge in [-0.2, -0.15) is 10.2 Å². The molecule has 3 saturated heterocycles. The number of aliphatic hydroxyl groups excluding tert-OH is 3. The van der Waals surface area contributed by atoms with Crippen LogP contribution in [-0.4, -0.2) is 133 Å². The normalized spacial score (nSPS) is 21.3. The zero-order valence-electron chi connectivity index (χ0n) is 40.7. The number of hydrogen-bond donors (Lipinski definition) is 9. The first kappa shape index (κ1) is 59.3. The van der Waals surface area contributed by atoms with Crippen molar-refractivity contribution in [3.05, 3.63) is 76.6 Å². The van der Waals surface area contributed by atoms with Gasteiger partial charge in [0.15, 0.2) is 0 Å². The molecule has 21 nitrogen and oxygen atoms in total. The molecule has 4 aromatic rings. The van der Waals surface area contributed by atoms with E-state index in [0.717, 1.165) is 45.3 Å². The summed E-state index contributed by atoms with van der Waals surface area (Å²) in [5.41, 5.74) is 6.52. The molecule has 0 saturated carbocycles. The molecular formula is C48H64Br2Cl2N12O9. The van der Waals surface area contributed by atoms with Gasteiger partial charge in [-0.1, -0.05) is 23.2 Å². The summed E-state index contributed by atoms with van der Waals surface area (Å²) in [5, 5.41) is 56.5. The number of hydrazone groups is 2. The predicted molar refractivity (Wildman–Crippen MR) is 288 cm³/mol. The summed E-state index contributed by atoms with van der Waals surface area (Å²) >= 11 is 18.9. The Balaban J connectivity index is 0.000000231. The average Bonchev–Trinajstić information content (AvgIpc) is 3.36. The average molecular weight is 1180 g/mol. The minimum atomic E-state index is -0.550. The molecule has 0 radical (unpaired) electrons. The van der Waals surface area contributed by atoms with Crippen LogP contribution in [0.15, 0.2) is 65.7 Å². The van der Waals surface area contributed by atoms with E-state index in [-0.39, 0.29) is 79.1 Å². The molecular weight excluding hydrogens is 1120 g/mol. The molecule has 7 rings (SSSR count). The minimum Gasteiger partial charge on any atom is -0.469 e. The van der Waals surface area contributed by atoms with Crippen LogP contribution < -0.4 is 37.9 Å². The van der Waals surface area contributed by atoms with Gasteiger partial charge < -0.3 is 41.4 Å². The van der Waals surface area contributed by atoms with Crippen molar-refractivity contribution < 1.29 is 34.4 Å². The third-order valence-corrected chi connectivity index (χ3v) is 14.7. The van der Waals surface area contributed by atoms with Crippen LogP contribution in [-0.2, 0) is 32.2 Å². The standard InChI is InChI=1S/C23H29BrClN5O5.C18H21BrClN5O3.C7H14N2O/c1-35-22(33)7-3-2-6-21(32)29-28-14(9-19-20(31)5-4-8-26-19)12-30-13-27-18-11-16(24)17(25)10-15(18)23(30)34;1-10(26)23-24-11(5-16-17(27)3-2-4-21-16)8-25-9-22-15-7-13(19)14(20)6-12(15)18(25)28;8-4-3-6-7(10)2-1-5-9-6/h10-11,13,19-20,26,31H,2-9,12H2,1H3,(H,29,32);6-7,9,16-17,21,27H,2-5,8H2,1H3,(H,23,26);4,6-10H,1-3,5H2/b28-14-;24-11-;/t19?,20-;16?,17-;6?,7-/m111/s1. The van der Waals surface area contributed by atoms with Gasteiger partial charge in [-0.15, -0.1) is 0 Å². The van der Waals surface area contributed by atoms with E-state index in [1.807, 2.05) is 0 Å². The molecule has 5 heterocycles. The first-order valence-electron chi connectivity index (χ1n) is 24.1. The van der Waals surface area contributed by atoms with Gasteiger partial charge in [0.05, 0.1) is 94.4 Å². The highest BCUT2D eigenvalue weighted by Gasteiger charge is 2.26. The van der Waals surface area contributed by atoms with E-state index in [0.29, 0.717) is 97.2 Å². The summed E-state index contributed by atoms with van der Waals surface area (Å²) in [6.07, 6.45) is 10.9. The highest BCUT2D eigenvalue weighted by molar-refractivity contribution is 9.10. The van der Waals surface area contributed by atoms with Crippen LogP contribution in [0.1, 0.15) is 90.4 Å². The lowest BCUT2D eigenvalue weighted by atomic mass is 9.96. The van der Waals surface area contributed by atoms with Gasteiger partial charge in [0.1, 0.15) is 0 Å². The molecule has 3 aliphatic heterocycles. The second-order valence-corrected chi connectivity index (χ2v) is 20.4. The van der Waals surface area contributed by atoms with Gasteiger partial charge in [-0.3, -0.25) is 33.1 Å². The van der Waals surface area contributed by atoms with E-state index in [1.54, 1.807) is 24.3 Å². The zero-order valence-corrected chi connectivity index (χ0v) is 45.4. The van der Waals surface area contributed by atoms with E-state index in [9.17, 15) is 39.3 Å². The number of halogens is 4. The van der Waals surface area contributed by atoms with E-state index in [1.165, 1.54) is 42.0 Å². The van der Waals surface area contributed by atoms with Crippen LogP contribution in [0.25, 0.3) is 21.8 Å². The fraction of sp³-hybridized carbons (Fsp3) is 0.542. The number of esters is 1. The Morgan fingerprint density at radius 2 is 1.19 bits per heavy atom. The Hall–Kier alpha value is -4.56. The fourth-order valence-electron chi connectivity index (χ4n) is 8.33. The molecule has 0 bridgehead atoms. The Morgan fingerprint density at radius 1 is 0.753 bits per heavy atom. The van der Waals surface area contributed by atoms with Crippen molar-refractivity contribution >= 4 is 112 Å². The lowest BCUT2D eigenvalue weighted by Crippen LogP contribution is -2.46. The number of carbonyl (C=O) groups is 3. The Morgan fingerprint density at radius 3 is 1.62 bits per heavy atom. The first-order valence-corrected chi connectivity index (χ1v) is 26.5. The number of nitrogens with one attached hydrogen (secondary N) is 6. The molecule has 73 heavy (non-hydrogen) atoms. The van der Waals surface area contributed by atoms with Crippen molar-refractivity contribution in [2.45, 2.75) is 140 Å². The maximum Gasteiger partial charge on any atom is 0.305 e. The summed E-state index contributed by atoms with van der Waals surface area (Å²) < 4.78 is 8.72. The summed E-state index contributed by atoms with van der Waals surface area (Å²) in [4.78, 5) is 69.4. The number of amides is 2. The van der Waals surface area contributed by atoms with Crippen LogP contribution in [0, 0.1) is 5.41 Å². The fourth-order valence-corrected chi connectivity index (χ4v) is 9.32. The lowest BCUT2D eigenvalue weighted by Gasteiger charge is -2.29. The van der Waals surface area contributed by atoms with Crippen molar-refractivity contribution in [1.82, 2.24) is 45.9 Å². The number of benzene rings is 2. The molecule has 2 amide bonds. The number of ether oxygens (including phenoxy) is 1. The van der Waals surface area contributed by atoms with Crippen molar-refractivity contribution in [3.8, 4) is 0 Å². The molecule has 3 aliphatic rings. The van der Waals surface area contributed by atoms with Gasteiger partial charge in [0.25, 0.3) is 11.1 Å². The third kappa shape index (κ3) is 18.7. The van der Waals surface area contributed by atoms with Gasteiger partial charge in [-0.05, 0) is 140 Å². The number of unbranched alkanes of at least 4 members (excludes halogenated alkanes) is 1. The zero-order chi connectivity index (χ0) is 53.0. The second-order valence-electron chi connectivity index (χ2n) is 17.9. The molecule has 25 heteroatoms. The minimum absolute atomic E-state index is 0.0863. The van der Waals surface area contributed by atoms with Crippen LogP contribution in [0.5, 0.6) is 0 Å².